The third-order valence-corrected chi connectivity index (χ3v) is 3.96. The van der Waals surface area contributed by atoms with Crippen LogP contribution in [-0.2, 0) is 0 Å². The zero-order valence-electron chi connectivity index (χ0n) is 13.5. The fourth-order valence-electron chi connectivity index (χ4n) is 2.55. The SMILES string of the molecule is C[C@H]1C=C(N(C)C)C=CC1C(=O)c1ccc(N(C)C)cc1. The van der Waals surface area contributed by atoms with Gasteiger partial charge in [-0.3, -0.25) is 4.79 Å². The van der Waals surface area contributed by atoms with E-state index in [4.69, 9.17) is 0 Å². The summed E-state index contributed by atoms with van der Waals surface area (Å²) < 4.78 is 0. The summed E-state index contributed by atoms with van der Waals surface area (Å²) in [6.07, 6.45) is 6.23. The summed E-state index contributed by atoms with van der Waals surface area (Å²) in [7, 11) is 8.03. The fraction of sp³-hybridized carbons (Fsp3) is 0.389. The van der Waals surface area contributed by atoms with Crippen LogP contribution in [0.3, 0.4) is 0 Å². The van der Waals surface area contributed by atoms with Gasteiger partial charge in [0.1, 0.15) is 0 Å². The quantitative estimate of drug-likeness (QED) is 0.793. The summed E-state index contributed by atoms with van der Waals surface area (Å²) in [6.45, 7) is 2.10. The van der Waals surface area contributed by atoms with Gasteiger partial charge in [0.15, 0.2) is 5.78 Å². The van der Waals surface area contributed by atoms with E-state index in [1.165, 1.54) is 0 Å². The molecule has 0 amide bonds. The zero-order valence-corrected chi connectivity index (χ0v) is 13.5. The summed E-state index contributed by atoms with van der Waals surface area (Å²) in [4.78, 5) is 16.8. The number of hydrogen-bond acceptors (Lipinski definition) is 3. The molecule has 0 spiro atoms. The molecule has 112 valence electrons. The van der Waals surface area contributed by atoms with Crippen LogP contribution in [0.25, 0.3) is 0 Å². The van der Waals surface area contributed by atoms with Gasteiger partial charge in [-0.15, -0.1) is 0 Å². The van der Waals surface area contributed by atoms with Crippen LogP contribution >= 0.6 is 0 Å². The Labute approximate surface area is 127 Å². The lowest BCUT2D eigenvalue weighted by Gasteiger charge is -2.25. The molecule has 0 aliphatic heterocycles. The van der Waals surface area contributed by atoms with Crippen LogP contribution in [0.15, 0.2) is 48.2 Å². The van der Waals surface area contributed by atoms with Gasteiger partial charge in [-0.05, 0) is 36.3 Å². The smallest absolute Gasteiger partial charge is 0.170 e. The first-order valence-electron chi connectivity index (χ1n) is 7.29. The molecular weight excluding hydrogens is 260 g/mol. The standard InChI is InChI=1S/C18H24N2O/c1-13-12-16(20(4)5)10-11-17(13)18(21)14-6-8-15(9-7-14)19(2)3/h6-13,17H,1-5H3/t13-,17?/m0/s1. The molecule has 0 N–H and O–H groups in total. The number of benzene rings is 1. The zero-order chi connectivity index (χ0) is 15.6. The molecule has 0 aromatic heterocycles. The van der Waals surface area contributed by atoms with Gasteiger partial charge in [-0.1, -0.05) is 19.1 Å². The van der Waals surface area contributed by atoms with Gasteiger partial charge in [-0.2, -0.15) is 0 Å². The average Bonchev–Trinajstić information content (AvgIpc) is 2.46. The van der Waals surface area contributed by atoms with Crippen molar-refractivity contribution in [3.05, 3.63) is 53.8 Å². The summed E-state index contributed by atoms with van der Waals surface area (Å²) in [5.41, 5.74) is 3.05. The number of likely N-dealkylation sites (N-methyl/N-ethyl adjacent to an activating group) is 1. The van der Waals surface area contributed by atoms with Gasteiger partial charge in [0.05, 0.1) is 0 Å². The minimum Gasteiger partial charge on any atom is -0.378 e. The lowest BCUT2D eigenvalue weighted by molar-refractivity contribution is 0.0925. The van der Waals surface area contributed by atoms with Crippen molar-refractivity contribution in [1.82, 2.24) is 4.90 Å². The molecule has 21 heavy (non-hydrogen) atoms. The van der Waals surface area contributed by atoms with Crippen LogP contribution in [0.5, 0.6) is 0 Å². The molecule has 0 heterocycles. The van der Waals surface area contributed by atoms with E-state index >= 15 is 0 Å². The van der Waals surface area contributed by atoms with E-state index in [1.807, 2.05) is 69.5 Å². The number of carbonyl (C=O) groups is 1. The molecule has 1 unspecified atom stereocenters. The van der Waals surface area contributed by atoms with Crippen LogP contribution in [0, 0.1) is 11.8 Å². The first kappa shape index (κ1) is 15.4. The van der Waals surface area contributed by atoms with Crippen LogP contribution in [0.1, 0.15) is 17.3 Å². The highest BCUT2D eigenvalue weighted by Crippen LogP contribution is 2.27. The Bertz CT molecular complexity index is 567. The van der Waals surface area contributed by atoms with Gasteiger partial charge in [0.2, 0.25) is 0 Å². The Morgan fingerprint density at radius 1 is 1.00 bits per heavy atom. The average molecular weight is 284 g/mol. The number of nitrogens with zero attached hydrogens (tertiary/aromatic N) is 2. The maximum atomic E-state index is 12.7. The Balaban J connectivity index is 2.16. The molecular formula is C18H24N2O. The number of allylic oxidation sites excluding steroid dienone is 3. The molecule has 2 rings (SSSR count). The van der Waals surface area contributed by atoms with Gasteiger partial charge in [-0.25, -0.2) is 0 Å². The minimum absolute atomic E-state index is 0.0705. The van der Waals surface area contributed by atoms with Gasteiger partial charge in [0, 0.05) is 51.1 Å². The molecule has 1 aromatic carbocycles. The maximum Gasteiger partial charge on any atom is 0.170 e. The second-order valence-corrected chi connectivity index (χ2v) is 6.04. The number of carbonyl (C=O) groups excluding carboxylic acids is 1. The predicted octanol–water partition coefficient (Wildman–Crippen LogP) is 3.20. The van der Waals surface area contributed by atoms with Crippen molar-refractivity contribution in [2.24, 2.45) is 11.8 Å². The number of rotatable bonds is 4. The predicted molar refractivity (Wildman–Crippen MR) is 88.7 cm³/mol. The molecule has 1 aliphatic carbocycles. The van der Waals surface area contributed by atoms with Crippen molar-refractivity contribution in [3.8, 4) is 0 Å². The van der Waals surface area contributed by atoms with Crippen molar-refractivity contribution in [2.75, 3.05) is 33.1 Å². The summed E-state index contributed by atoms with van der Waals surface area (Å²) >= 11 is 0. The lowest BCUT2D eigenvalue weighted by Crippen LogP contribution is -2.24. The molecule has 3 heteroatoms. The Hall–Kier alpha value is -2.03. The topological polar surface area (TPSA) is 23.6 Å². The number of anilines is 1. The van der Waals surface area contributed by atoms with Crippen molar-refractivity contribution in [2.45, 2.75) is 6.92 Å². The third kappa shape index (κ3) is 3.35. The van der Waals surface area contributed by atoms with Crippen molar-refractivity contribution < 1.29 is 4.79 Å². The molecule has 0 bridgehead atoms. The van der Waals surface area contributed by atoms with E-state index in [-0.39, 0.29) is 17.6 Å². The summed E-state index contributed by atoms with van der Waals surface area (Å²) in [6, 6.07) is 7.82. The highest BCUT2D eigenvalue weighted by atomic mass is 16.1. The minimum atomic E-state index is -0.0705. The molecule has 2 atom stereocenters. The van der Waals surface area contributed by atoms with E-state index < -0.39 is 0 Å². The first-order valence-corrected chi connectivity index (χ1v) is 7.29. The van der Waals surface area contributed by atoms with E-state index in [0.29, 0.717) is 0 Å². The Morgan fingerprint density at radius 2 is 1.62 bits per heavy atom. The molecule has 0 fully saturated rings. The molecule has 1 aliphatic rings. The third-order valence-electron chi connectivity index (χ3n) is 3.96. The summed E-state index contributed by atoms with van der Waals surface area (Å²) in [5.74, 6) is 0.338. The number of hydrogen-bond donors (Lipinski definition) is 0. The van der Waals surface area contributed by atoms with Crippen LogP contribution in [0.2, 0.25) is 0 Å². The van der Waals surface area contributed by atoms with E-state index in [2.05, 4.69) is 17.9 Å². The van der Waals surface area contributed by atoms with Gasteiger partial charge >= 0.3 is 0 Å². The Kier molecular flexibility index (Phi) is 4.51. The van der Waals surface area contributed by atoms with E-state index in [1.54, 1.807) is 0 Å². The maximum absolute atomic E-state index is 12.7. The second-order valence-electron chi connectivity index (χ2n) is 6.04. The molecule has 3 nitrogen and oxygen atoms in total. The van der Waals surface area contributed by atoms with Crippen molar-refractivity contribution in [1.29, 1.82) is 0 Å². The number of ketones is 1. The largest absolute Gasteiger partial charge is 0.378 e. The molecule has 0 saturated heterocycles. The van der Waals surface area contributed by atoms with Crippen LogP contribution in [-0.4, -0.2) is 38.9 Å². The number of Topliss-reactive ketones (excluding diaryl/α,β-unsaturated/α-hetero) is 1. The van der Waals surface area contributed by atoms with Crippen LogP contribution < -0.4 is 4.90 Å². The monoisotopic (exact) mass is 284 g/mol. The van der Waals surface area contributed by atoms with Crippen molar-refractivity contribution in [3.63, 3.8) is 0 Å². The Morgan fingerprint density at radius 3 is 2.10 bits per heavy atom. The van der Waals surface area contributed by atoms with Crippen molar-refractivity contribution >= 4 is 11.5 Å². The van der Waals surface area contributed by atoms with Gasteiger partial charge < -0.3 is 9.80 Å². The molecule has 0 radical (unpaired) electrons. The van der Waals surface area contributed by atoms with E-state index in [9.17, 15) is 4.79 Å². The molecule has 1 aromatic rings. The lowest BCUT2D eigenvalue weighted by atomic mass is 9.83. The summed E-state index contributed by atoms with van der Waals surface area (Å²) in [5, 5.41) is 0. The van der Waals surface area contributed by atoms with Gasteiger partial charge in [0.25, 0.3) is 0 Å². The van der Waals surface area contributed by atoms with E-state index in [0.717, 1.165) is 16.9 Å². The molecule has 0 saturated carbocycles. The second kappa shape index (κ2) is 6.17. The normalized spacial score (nSPS) is 20.9. The highest BCUT2D eigenvalue weighted by molar-refractivity contribution is 5.99. The fourth-order valence-corrected chi connectivity index (χ4v) is 2.55. The highest BCUT2D eigenvalue weighted by Gasteiger charge is 2.25. The van der Waals surface area contributed by atoms with Crippen LogP contribution in [0.4, 0.5) is 5.69 Å². The first-order chi connectivity index (χ1) is 9.90.